The maximum absolute atomic E-state index is 6.04. The molecule has 1 aliphatic rings. The summed E-state index contributed by atoms with van der Waals surface area (Å²) < 4.78 is 11.6. The Kier molecular flexibility index (Phi) is 5.09. The summed E-state index contributed by atoms with van der Waals surface area (Å²) in [6.45, 7) is 5.36. The maximum atomic E-state index is 6.04. The molecular formula is C19H23NO2. The van der Waals surface area contributed by atoms with E-state index in [1.165, 1.54) is 16.7 Å². The Balaban J connectivity index is 1.79. The van der Waals surface area contributed by atoms with E-state index in [0.29, 0.717) is 19.3 Å². The van der Waals surface area contributed by atoms with Crippen molar-refractivity contribution in [3.63, 3.8) is 0 Å². The molecule has 2 aromatic carbocycles. The van der Waals surface area contributed by atoms with E-state index < -0.39 is 0 Å². The van der Waals surface area contributed by atoms with E-state index in [1.807, 2.05) is 19.1 Å². The van der Waals surface area contributed by atoms with E-state index in [-0.39, 0.29) is 0 Å². The van der Waals surface area contributed by atoms with Crippen LogP contribution in [0.3, 0.4) is 0 Å². The van der Waals surface area contributed by atoms with E-state index in [2.05, 4.69) is 41.7 Å². The lowest BCUT2D eigenvalue weighted by Gasteiger charge is -2.14. The molecule has 0 unspecified atom stereocenters. The average Bonchev–Trinajstić information content (AvgIpc) is 3.07. The highest BCUT2D eigenvalue weighted by Gasteiger charge is 2.15. The van der Waals surface area contributed by atoms with Crippen molar-refractivity contribution >= 4 is 0 Å². The number of hydrogen-bond donors (Lipinski definition) is 1. The fraction of sp³-hybridized carbons (Fsp3) is 0.368. The first-order valence-corrected chi connectivity index (χ1v) is 8.00. The van der Waals surface area contributed by atoms with Gasteiger partial charge in [-0.05, 0) is 48.7 Å². The topological polar surface area (TPSA) is 30.5 Å². The molecule has 1 N–H and O–H groups in total. The molecule has 0 bridgehead atoms. The van der Waals surface area contributed by atoms with Crippen molar-refractivity contribution in [2.45, 2.75) is 26.1 Å². The molecule has 0 aliphatic carbocycles. The van der Waals surface area contributed by atoms with Crippen molar-refractivity contribution in [2.24, 2.45) is 0 Å². The Morgan fingerprint density at radius 3 is 2.86 bits per heavy atom. The van der Waals surface area contributed by atoms with Gasteiger partial charge in [0, 0.05) is 6.54 Å². The number of nitrogens with one attached hydrogen (secondary N) is 1. The molecule has 0 aromatic heterocycles. The zero-order chi connectivity index (χ0) is 15.2. The van der Waals surface area contributed by atoms with Crippen LogP contribution in [0.1, 0.15) is 18.9 Å². The molecule has 0 amide bonds. The van der Waals surface area contributed by atoms with Gasteiger partial charge in [0.25, 0.3) is 0 Å². The van der Waals surface area contributed by atoms with E-state index >= 15 is 0 Å². The number of ether oxygens (including phenoxy) is 2. The molecule has 0 radical (unpaired) electrons. The molecule has 1 atom stereocenters. The Labute approximate surface area is 132 Å². The molecule has 0 spiro atoms. The molecule has 3 nitrogen and oxygen atoms in total. The van der Waals surface area contributed by atoms with Gasteiger partial charge in [0.2, 0.25) is 0 Å². The lowest BCUT2D eigenvalue weighted by atomic mass is 10.00. The van der Waals surface area contributed by atoms with Crippen molar-refractivity contribution in [1.29, 1.82) is 0 Å². The molecule has 116 valence electrons. The van der Waals surface area contributed by atoms with Gasteiger partial charge in [-0.25, -0.2) is 0 Å². The number of hydrogen-bond acceptors (Lipinski definition) is 3. The fourth-order valence-corrected chi connectivity index (χ4v) is 2.83. The highest BCUT2D eigenvalue weighted by Crippen LogP contribution is 2.28. The van der Waals surface area contributed by atoms with Gasteiger partial charge in [0.1, 0.15) is 5.75 Å². The second-order valence-corrected chi connectivity index (χ2v) is 5.54. The minimum atomic E-state index is 0.336. The second-order valence-electron chi connectivity index (χ2n) is 5.54. The molecule has 1 saturated heterocycles. The predicted octanol–water partition coefficient (Wildman–Crippen LogP) is 3.63. The van der Waals surface area contributed by atoms with Gasteiger partial charge in [-0.15, -0.1) is 0 Å². The molecule has 1 aliphatic heterocycles. The summed E-state index contributed by atoms with van der Waals surface area (Å²) >= 11 is 0. The summed E-state index contributed by atoms with van der Waals surface area (Å²) in [5.41, 5.74) is 3.62. The van der Waals surface area contributed by atoms with Crippen LogP contribution in [0.4, 0.5) is 0 Å². The quantitative estimate of drug-likeness (QED) is 0.883. The zero-order valence-electron chi connectivity index (χ0n) is 13.0. The molecule has 1 heterocycles. The van der Waals surface area contributed by atoms with Crippen LogP contribution < -0.4 is 10.1 Å². The molecule has 1 fully saturated rings. The first-order chi connectivity index (χ1) is 10.9. The first-order valence-electron chi connectivity index (χ1n) is 8.00. The lowest BCUT2D eigenvalue weighted by Crippen LogP contribution is -2.16. The zero-order valence-corrected chi connectivity index (χ0v) is 13.0. The third kappa shape index (κ3) is 3.67. The minimum Gasteiger partial charge on any atom is -0.494 e. The van der Waals surface area contributed by atoms with Crippen LogP contribution in [0.5, 0.6) is 5.75 Å². The Morgan fingerprint density at radius 1 is 1.14 bits per heavy atom. The summed E-state index contributed by atoms with van der Waals surface area (Å²) in [5, 5.41) is 3.33. The average molecular weight is 297 g/mol. The van der Waals surface area contributed by atoms with Crippen LogP contribution in [0.15, 0.2) is 48.5 Å². The van der Waals surface area contributed by atoms with Crippen LogP contribution in [-0.2, 0) is 11.3 Å². The molecule has 2 aromatic rings. The van der Waals surface area contributed by atoms with Gasteiger partial charge in [-0.3, -0.25) is 0 Å². The van der Waals surface area contributed by atoms with Gasteiger partial charge in [0.15, 0.2) is 0 Å². The van der Waals surface area contributed by atoms with Gasteiger partial charge >= 0.3 is 0 Å². The van der Waals surface area contributed by atoms with Gasteiger partial charge in [-0.1, -0.05) is 36.4 Å². The van der Waals surface area contributed by atoms with Gasteiger partial charge < -0.3 is 14.8 Å². The normalized spacial score (nSPS) is 17.6. The van der Waals surface area contributed by atoms with Crippen LogP contribution in [0.25, 0.3) is 11.1 Å². The number of benzene rings is 2. The van der Waals surface area contributed by atoms with Gasteiger partial charge in [-0.2, -0.15) is 0 Å². The van der Waals surface area contributed by atoms with Crippen LogP contribution in [0, 0.1) is 0 Å². The van der Waals surface area contributed by atoms with E-state index in [9.17, 15) is 0 Å². The smallest absolute Gasteiger partial charge is 0.119 e. The third-order valence-electron chi connectivity index (χ3n) is 3.96. The standard InChI is InChI=1S/C19H23NO2/c1-2-21-17-8-5-7-15(12-17)19-9-4-3-6-16(19)14-22-18-10-11-20-13-18/h3-9,12,18,20H,2,10-11,13-14H2,1H3/t18-/m0/s1. The highest BCUT2D eigenvalue weighted by atomic mass is 16.5. The van der Waals surface area contributed by atoms with Crippen molar-refractivity contribution in [3.05, 3.63) is 54.1 Å². The summed E-state index contributed by atoms with van der Waals surface area (Å²) in [6, 6.07) is 16.7. The first kappa shape index (κ1) is 15.1. The SMILES string of the molecule is CCOc1cccc(-c2ccccc2CO[C@H]2CCNC2)c1. The van der Waals surface area contributed by atoms with Crippen molar-refractivity contribution in [1.82, 2.24) is 5.32 Å². The Morgan fingerprint density at radius 2 is 2.05 bits per heavy atom. The summed E-state index contributed by atoms with van der Waals surface area (Å²) in [4.78, 5) is 0. The Hall–Kier alpha value is -1.84. The van der Waals surface area contributed by atoms with E-state index in [4.69, 9.17) is 9.47 Å². The summed E-state index contributed by atoms with van der Waals surface area (Å²) in [7, 11) is 0. The van der Waals surface area contributed by atoms with E-state index in [1.54, 1.807) is 0 Å². The van der Waals surface area contributed by atoms with Crippen molar-refractivity contribution in [2.75, 3.05) is 19.7 Å². The maximum Gasteiger partial charge on any atom is 0.119 e. The minimum absolute atomic E-state index is 0.336. The summed E-state index contributed by atoms with van der Waals surface area (Å²) in [5.74, 6) is 0.913. The monoisotopic (exact) mass is 297 g/mol. The highest BCUT2D eigenvalue weighted by molar-refractivity contribution is 5.68. The third-order valence-corrected chi connectivity index (χ3v) is 3.96. The van der Waals surface area contributed by atoms with Crippen molar-refractivity contribution < 1.29 is 9.47 Å². The second kappa shape index (κ2) is 7.43. The molecule has 0 saturated carbocycles. The largest absolute Gasteiger partial charge is 0.494 e. The predicted molar refractivity (Wildman–Crippen MR) is 89.1 cm³/mol. The van der Waals surface area contributed by atoms with Gasteiger partial charge in [0.05, 0.1) is 19.3 Å². The fourth-order valence-electron chi connectivity index (χ4n) is 2.83. The van der Waals surface area contributed by atoms with E-state index in [0.717, 1.165) is 25.3 Å². The summed E-state index contributed by atoms with van der Waals surface area (Å²) in [6.07, 6.45) is 1.44. The van der Waals surface area contributed by atoms with Crippen LogP contribution in [0.2, 0.25) is 0 Å². The molecular weight excluding hydrogens is 274 g/mol. The Bertz CT molecular complexity index is 606. The molecule has 22 heavy (non-hydrogen) atoms. The lowest BCUT2D eigenvalue weighted by molar-refractivity contribution is 0.0545. The van der Waals surface area contributed by atoms with Crippen molar-refractivity contribution in [3.8, 4) is 16.9 Å². The van der Waals surface area contributed by atoms with Crippen LogP contribution >= 0.6 is 0 Å². The molecule has 3 rings (SSSR count). The van der Waals surface area contributed by atoms with Crippen LogP contribution in [-0.4, -0.2) is 25.8 Å². The molecule has 3 heteroatoms. The number of rotatable bonds is 6.